The van der Waals surface area contributed by atoms with Gasteiger partial charge in [0.2, 0.25) is 5.91 Å². The summed E-state index contributed by atoms with van der Waals surface area (Å²) in [5, 5.41) is 19.9. The third-order valence-corrected chi connectivity index (χ3v) is 2.49. The van der Waals surface area contributed by atoms with Crippen molar-refractivity contribution in [2.45, 2.75) is 19.6 Å². The van der Waals surface area contributed by atoms with E-state index in [1.807, 2.05) is 0 Å². The molecule has 0 fully saturated rings. The molecule has 1 amide bonds. The zero-order valence-corrected chi connectivity index (χ0v) is 11.1. The van der Waals surface area contributed by atoms with Gasteiger partial charge in [-0.25, -0.2) is 4.68 Å². The van der Waals surface area contributed by atoms with Gasteiger partial charge in [0, 0.05) is 18.8 Å². The lowest BCUT2D eigenvalue weighted by molar-refractivity contribution is -0.114. The highest BCUT2D eigenvalue weighted by molar-refractivity contribution is 5.88. The highest BCUT2D eigenvalue weighted by Gasteiger charge is 2.07. The molecule has 1 atom stereocenters. The fourth-order valence-electron chi connectivity index (χ4n) is 1.63. The summed E-state index contributed by atoms with van der Waals surface area (Å²) in [5.74, 6) is 0.499. The zero-order chi connectivity index (χ0) is 14.4. The van der Waals surface area contributed by atoms with Crippen LogP contribution in [-0.2, 0) is 11.3 Å². The van der Waals surface area contributed by atoms with Crippen molar-refractivity contribution >= 4 is 11.6 Å². The zero-order valence-electron chi connectivity index (χ0n) is 11.1. The molecule has 0 aliphatic carbocycles. The van der Waals surface area contributed by atoms with Crippen LogP contribution in [0.15, 0.2) is 36.7 Å². The number of nitrogens with zero attached hydrogens (tertiary/aromatic N) is 3. The molecule has 0 aliphatic heterocycles. The predicted molar refractivity (Wildman–Crippen MR) is 72.3 cm³/mol. The fraction of sp³-hybridized carbons (Fsp3) is 0.308. The van der Waals surface area contributed by atoms with Gasteiger partial charge in [-0.15, -0.1) is 5.10 Å². The van der Waals surface area contributed by atoms with E-state index in [0.717, 1.165) is 0 Å². The summed E-state index contributed by atoms with van der Waals surface area (Å²) in [5.41, 5.74) is 0.702. The molecule has 0 radical (unpaired) electrons. The Hall–Kier alpha value is -2.41. The molecule has 0 aliphatic rings. The number of amides is 1. The lowest BCUT2D eigenvalue weighted by Gasteiger charge is -2.12. The highest BCUT2D eigenvalue weighted by atomic mass is 16.5. The van der Waals surface area contributed by atoms with Crippen molar-refractivity contribution in [2.75, 3.05) is 11.9 Å². The summed E-state index contributed by atoms with van der Waals surface area (Å²) >= 11 is 0. The van der Waals surface area contributed by atoms with Gasteiger partial charge < -0.3 is 15.2 Å². The monoisotopic (exact) mass is 276 g/mol. The molecule has 0 saturated carbocycles. The summed E-state index contributed by atoms with van der Waals surface area (Å²) in [4.78, 5) is 10.9. The Kier molecular flexibility index (Phi) is 4.67. The number of benzene rings is 1. The summed E-state index contributed by atoms with van der Waals surface area (Å²) in [7, 11) is 0. The second kappa shape index (κ2) is 6.67. The molecule has 20 heavy (non-hydrogen) atoms. The van der Waals surface area contributed by atoms with Gasteiger partial charge in [-0.2, -0.15) is 0 Å². The summed E-state index contributed by atoms with van der Waals surface area (Å²) in [6, 6.07) is 6.93. The summed E-state index contributed by atoms with van der Waals surface area (Å²) < 4.78 is 6.99. The number of anilines is 1. The van der Waals surface area contributed by atoms with E-state index in [4.69, 9.17) is 4.74 Å². The van der Waals surface area contributed by atoms with Crippen molar-refractivity contribution in [1.29, 1.82) is 0 Å². The quantitative estimate of drug-likeness (QED) is 0.809. The Morgan fingerprint density at radius 1 is 1.45 bits per heavy atom. The summed E-state index contributed by atoms with van der Waals surface area (Å²) in [6.07, 6.45) is 2.55. The number of carbonyl (C=O) groups excluding carboxylic acids is 1. The SMILES string of the molecule is CC(=O)Nc1ccc(OC[C@H](O)Cn2ccnn2)cc1. The molecule has 7 nitrogen and oxygen atoms in total. The van der Waals surface area contributed by atoms with Crippen LogP contribution in [-0.4, -0.2) is 38.7 Å². The lowest BCUT2D eigenvalue weighted by Crippen LogP contribution is -2.23. The molecule has 0 saturated heterocycles. The number of nitrogens with one attached hydrogen (secondary N) is 1. The van der Waals surface area contributed by atoms with Crippen molar-refractivity contribution in [3.05, 3.63) is 36.7 Å². The van der Waals surface area contributed by atoms with Gasteiger partial charge in [0.15, 0.2) is 0 Å². The highest BCUT2D eigenvalue weighted by Crippen LogP contribution is 2.15. The predicted octanol–water partition coefficient (Wildman–Crippen LogP) is 0.676. The van der Waals surface area contributed by atoms with E-state index in [9.17, 15) is 9.90 Å². The van der Waals surface area contributed by atoms with Crippen molar-refractivity contribution in [3.63, 3.8) is 0 Å². The Balaban J connectivity index is 1.80. The molecule has 2 N–H and O–H groups in total. The van der Waals surface area contributed by atoms with Crippen molar-refractivity contribution in [1.82, 2.24) is 15.0 Å². The van der Waals surface area contributed by atoms with Gasteiger partial charge in [-0.05, 0) is 24.3 Å². The minimum Gasteiger partial charge on any atom is -0.491 e. The van der Waals surface area contributed by atoms with Gasteiger partial charge in [-0.1, -0.05) is 5.21 Å². The van der Waals surface area contributed by atoms with Crippen LogP contribution in [0.25, 0.3) is 0 Å². The first-order valence-corrected chi connectivity index (χ1v) is 6.16. The van der Waals surface area contributed by atoms with Gasteiger partial charge in [0.1, 0.15) is 18.5 Å². The Labute approximate surface area is 116 Å². The van der Waals surface area contributed by atoms with E-state index in [1.165, 1.54) is 11.6 Å². The van der Waals surface area contributed by atoms with Gasteiger partial charge in [-0.3, -0.25) is 4.79 Å². The van der Waals surface area contributed by atoms with E-state index in [0.29, 0.717) is 18.0 Å². The topological polar surface area (TPSA) is 89.3 Å². The van der Waals surface area contributed by atoms with Crippen LogP contribution in [0.4, 0.5) is 5.69 Å². The number of hydrogen-bond acceptors (Lipinski definition) is 5. The molecule has 1 aromatic heterocycles. The number of ether oxygens (including phenoxy) is 1. The summed E-state index contributed by atoms with van der Waals surface area (Å²) in [6.45, 7) is 1.92. The third kappa shape index (κ3) is 4.36. The minimum atomic E-state index is -0.674. The number of aliphatic hydroxyl groups excluding tert-OH is 1. The van der Waals surface area contributed by atoms with Crippen molar-refractivity contribution in [2.24, 2.45) is 0 Å². The molecular formula is C13H16N4O3. The maximum absolute atomic E-state index is 10.9. The van der Waals surface area contributed by atoms with Crippen LogP contribution in [0.1, 0.15) is 6.92 Å². The number of aliphatic hydroxyl groups is 1. The molecule has 2 rings (SSSR count). The number of rotatable bonds is 6. The number of aromatic nitrogens is 3. The maximum atomic E-state index is 10.9. The van der Waals surface area contributed by atoms with Crippen LogP contribution >= 0.6 is 0 Å². The fourth-order valence-corrected chi connectivity index (χ4v) is 1.63. The molecule has 0 bridgehead atoms. The van der Waals surface area contributed by atoms with Crippen LogP contribution < -0.4 is 10.1 Å². The Bertz CT molecular complexity index is 539. The molecule has 1 aromatic carbocycles. The molecule has 7 heteroatoms. The van der Waals surface area contributed by atoms with E-state index in [2.05, 4.69) is 15.6 Å². The van der Waals surface area contributed by atoms with E-state index in [1.54, 1.807) is 36.7 Å². The minimum absolute atomic E-state index is 0.123. The first kappa shape index (κ1) is 14.0. The lowest BCUT2D eigenvalue weighted by atomic mass is 10.3. The largest absolute Gasteiger partial charge is 0.491 e. The molecule has 2 aromatic rings. The van der Waals surface area contributed by atoms with Crippen LogP contribution in [0.5, 0.6) is 5.75 Å². The Morgan fingerprint density at radius 2 is 2.20 bits per heavy atom. The average molecular weight is 276 g/mol. The number of hydrogen-bond donors (Lipinski definition) is 2. The first-order valence-electron chi connectivity index (χ1n) is 6.16. The molecule has 1 heterocycles. The molecule has 106 valence electrons. The van der Waals surface area contributed by atoms with Gasteiger partial charge in [0.05, 0.1) is 12.7 Å². The standard InChI is InChI=1S/C13H16N4O3/c1-10(18)15-11-2-4-13(5-3-11)20-9-12(19)8-17-7-6-14-16-17/h2-7,12,19H,8-9H2,1H3,(H,15,18)/t12-/m1/s1. The second-order valence-electron chi connectivity index (χ2n) is 4.30. The van der Waals surface area contributed by atoms with E-state index >= 15 is 0 Å². The first-order chi connectivity index (χ1) is 9.63. The third-order valence-electron chi connectivity index (χ3n) is 2.49. The smallest absolute Gasteiger partial charge is 0.221 e. The van der Waals surface area contributed by atoms with E-state index < -0.39 is 6.10 Å². The van der Waals surface area contributed by atoms with Crippen molar-refractivity contribution < 1.29 is 14.6 Å². The molecular weight excluding hydrogens is 260 g/mol. The van der Waals surface area contributed by atoms with Crippen molar-refractivity contribution in [3.8, 4) is 5.75 Å². The van der Waals surface area contributed by atoms with Crippen LogP contribution in [0, 0.1) is 0 Å². The Morgan fingerprint density at radius 3 is 2.80 bits per heavy atom. The van der Waals surface area contributed by atoms with E-state index in [-0.39, 0.29) is 12.5 Å². The molecule has 0 spiro atoms. The maximum Gasteiger partial charge on any atom is 0.221 e. The normalized spacial score (nSPS) is 11.9. The van der Waals surface area contributed by atoms with Crippen LogP contribution in [0.3, 0.4) is 0 Å². The number of carbonyl (C=O) groups is 1. The van der Waals surface area contributed by atoms with Gasteiger partial charge >= 0.3 is 0 Å². The van der Waals surface area contributed by atoms with Gasteiger partial charge in [0.25, 0.3) is 0 Å². The average Bonchev–Trinajstić information content (AvgIpc) is 2.90. The van der Waals surface area contributed by atoms with Crippen LogP contribution in [0.2, 0.25) is 0 Å². The second-order valence-corrected chi connectivity index (χ2v) is 4.30. The molecule has 0 unspecified atom stereocenters.